The highest BCUT2D eigenvalue weighted by Crippen LogP contribution is 2.49. The van der Waals surface area contributed by atoms with Crippen LogP contribution in [-0.4, -0.2) is 26.7 Å². The summed E-state index contributed by atoms with van der Waals surface area (Å²) in [5.41, 5.74) is 3.97. The molecule has 0 atom stereocenters. The van der Waals surface area contributed by atoms with E-state index in [-0.39, 0.29) is 5.75 Å². The Morgan fingerprint density at radius 1 is 0.781 bits per heavy atom. The van der Waals surface area contributed by atoms with E-state index in [4.69, 9.17) is 4.74 Å². The first-order valence-electron chi connectivity index (χ1n) is 11.1. The van der Waals surface area contributed by atoms with Gasteiger partial charge in [0.05, 0.1) is 17.7 Å². The Morgan fingerprint density at radius 2 is 1.44 bits per heavy atom. The summed E-state index contributed by atoms with van der Waals surface area (Å²) in [4.78, 5) is 12.5. The second-order valence-electron chi connectivity index (χ2n) is 7.63. The summed E-state index contributed by atoms with van der Waals surface area (Å²) in [6.07, 6.45) is 7.31. The van der Waals surface area contributed by atoms with Gasteiger partial charge in [-0.2, -0.15) is 0 Å². The topological polar surface area (TPSA) is 68.1 Å². The van der Waals surface area contributed by atoms with Crippen molar-refractivity contribution in [1.29, 1.82) is 0 Å². The molecule has 0 radical (unpaired) electrons. The van der Waals surface area contributed by atoms with Crippen molar-refractivity contribution in [2.45, 2.75) is 32.6 Å². The van der Waals surface area contributed by atoms with Crippen LogP contribution in [0.2, 0.25) is 0 Å². The average Bonchev–Trinajstić information content (AvgIpc) is 2.85. The molecule has 0 aliphatic rings. The normalized spacial score (nSPS) is 10.8. The lowest BCUT2D eigenvalue weighted by molar-refractivity contribution is 0.306. The number of aromatic nitrogens is 3. The molecule has 0 fully saturated rings. The minimum atomic E-state index is 0.102. The summed E-state index contributed by atoms with van der Waals surface area (Å²) in [7, 11) is 0. The number of aromatic hydroxyl groups is 1. The summed E-state index contributed by atoms with van der Waals surface area (Å²) in [5, 5.41) is 11.4. The highest BCUT2D eigenvalue weighted by Gasteiger charge is 2.23. The first kappa shape index (κ1) is 21.5. The van der Waals surface area contributed by atoms with Gasteiger partial charge in [0.15, 0.2) is 5.82 Å². The molecule has 1 N–H and O–H groups in total. The minimum absolute atomic E-state index is 0.102. The highest BCUT2D eigenvalue weighted by molar-refractivity contribution is 5.92. The van der Waals surface area contributed by atoms with E-state index in [9.17, 15) is 5.11 Å². The lowest BCUT2D eigenvalue weighted by atomic mass is 9.93. The lowest BCUT2D eigenvalue weighted by Crippen LogP contribution is -2.02. The van der Waals surface area contributed by atoms with E-state index >= 15 is 0 Å². The van der Waals surface area contributed by atoms with Gasteiger partial charge in [-0.3, -0.25) is 0 Å². The number of benzene rings is 3. The van der Waals surface area contributed by atoms with Crippen LogP contribution < -0.4 is 4.74 Å². The molecule has 1 aromatic heterocycles. The van der Waals surface area contributed by atoms with E-state index < -0.39 is 0 Å². The van der Waals surface area contributed by atoms with Gasteiger partial charge in [-0.25, -0.2) is 15.0 Å². The number of hydrogen-bond donors (Lipinski definition) is 1. The number of phenols is 1. The largest absolute Gasteiger partial charge is 0.506 e. The van der Waals surface area contributed by atoms with Crippen molar-refractivity contribution in [3.05, 3.63) is 79.4 Å². The molecule has 5 heteroatoms. The number of ether oxygens (including phenoxy) is 1. The van der Waals surface area contributed by atoms with Gasteiger partial charge in [-0.1, -0.05) is 86.8 Å². The van der Waals surface area contributed by atoms with E-state index in [0.717, 1.165) is 29.5 Å². The molecule has 0 spiro atoms. The number of rotatable bonds is 9. The molecule has 162 valence electrons. The van der Waals surface area contributed by atoms with Gasteiger partial charge in [0.1, 0.15) is 24.2 Å². The molecular formula is C27H27N3O2. The Labute approximate surface area is 188 Å². The van der Waals surface area contributed by atoms with Gasteiger partial charge >= 0.3 is 0 Å². The predicted molar refractivity (Wildman–Crippen MR) is 127 cm³/mol. The molecule has 4 rings (SSSR count). The SMILES string of the molecule is CCCCCCOc1c(-c2ccccc2)cc(-c2ncncn2)c(O)c1-c1ccccc1. The first-order chi connectivity index (χ1) is 15.8. The van der Waals surface area contributed by atoms with Crippen molar-refractivity contribution in [1.82, 2.24) is 15.0 Å². The third kappa shape index (κ3) is 4.78. The van der Waals surface area contributed by atoms with Gasteiger partial charge in [-0.05, 0) is 23.6 Å². The van der Waals surface area contributed by atoms with Crippen molar-refractivity contribution < 1.29 is 9.84 Å². The third-order valence-electron chi connectivity index (χ3n) is 5.38. The van der Waals surface area contributed by atoms with Crippen molar-refractivity contribution in [3.8, 4) is 45.1 Å². The fourth-order valence-electron chi connectivity index (χ4n) is 3.76. The van der Waals surface area contributed by atoms with Crippen molar-refractivity contribution in [2.24, 2.45) is 0 Å². The van der Waals surface area contributed by atoms with E-state index in [1.807, 2.05) is 66.7 Å². The van der Waals surface area contributed by atoms with Crippen LogP contribution >= 0.6 is 0 Å². The molecule has 32 heavy (non-hydrogen) atoms. The molecule has 0 bridgehead atoms. The summed E-state index contributed by atoms with van der Waals surface area (Å²) < 4.78 is 6.38. The molecule has 4 aromatic rings. The second-order valence-corrected chi connectivity index (χ2v) is 7.63. The fraction of sp³-hybridized carbons (Fsp3) is 0.222. The van der Waals surface area contributed by atoms with Gasteiger partial charge in [-0.15, -0.1) is 0 Å². The Bertz CT molecular complexity index is 1130. The Hall–Kier alpha value is -3.73. The Kier molecular flexibility index (Phi) is 7.08. The second kappa shape index (κ2) is 10.5. The Morgan fingerprint density at radius 3 is 2.09 bits per heavy atom. The standard InChI is InChI=1S/C27H27N3O2/c1-2-3-4-11-16-32-26-22(20-12-7-5-8-13-20)17-23(27-29-18-28-19-30-27)25(31)24(26)21-14-9-6-10-15-21/h5-10,12-15,17-19,31H,2-4,11,16H2,1H3. The number of hydrogen-bond acceptors (Lipinski definition) is 5. The molecule has 0 aliphatic carbocycles. The quantitative estimate of drug-likeness (QED) is 0.309. The van der Waals surface area contributed by atoms with Crippen LogP contribution in [0.5, 0.6) is 11.5 Å². The number of phenolic OH excluding ortho intramolecular Hbond substituents is 1. The van der Waals surface area contributed by atoms with Gasteiger partial charge in [0.2, 0.25) is 0 Å². The Balaban J connectivity index is 1.91. The van der Waals surface area contributed by atoms with Crippen molar-refractivity contribution in [3.63, 3.8) is 0 Å². The van der Waals surface area contributed by atoms with E-state index in [0.29, 0.717) is 29.3 Å². The lowest BCUT2D eigenvalue weighted by Gasteiger charge is -2.20. The van der Waals surface area contributed by atoms with Crippen LogP contribution in [-0.2, 0) is 0 Å². The molecule has 0 saturated heterocycles. The summed E-state index contributed by atoms with van der Waals surface area (Å²) in [6, 6.07) is 21.8. The molecule has 0 amide bonds. The van der Waals surface area contributed by atoms with E-state index in [1.54, 1.807) is 0 Å². The fourth-order valence-corrected chi connectivity index (χ4v) is 3.76. The maximum atomic E-state index is 11.4. The van der Waals surface area contributed by atoms with Crippen LogP contribution in [0.1, 0.15) is 32.6 Å². The highest BCUT2D eigenvalue weighted by atomic mass is 16.5. The van der Waals surface area contributed by atoms with Crippen molar-refractivity contribution >= 4 is 0 Å². The first-order valence-corrected chi connectivity index (χ1v) is 11.1. The maximum Gasteiger partial charge on any atom is 0.166 e. The van der Waals surface area contributed by atoms with Gasteiger partial charge in [0.25, 0.3) is 0 Å². The van der Waals surface area contributed by atoms with Gasteiger partial charge < -0.3 is 9.84 Å². The maximum absolute atomic E-state index is 11.4. The predicted octanol–water partition coefficient (Wildman–Crippen LogP) is 6.54. The minimum Gasteiger partial charge on any atom is -0.506 e. The summed E-state index contributed by atoms with van der Waals surface area (Å²) >= 11 is 0. The molecule has 0 saturated carbocycles. The molecular weight excluding hydrogens is 398 g/mol. The van der Waals surface area contributed by atoms with Crippen LogP contribution in [0.15, 0.2) is 79.4 Å². The number of unbranched alkanes of at least 4 members (excludes halogenated alkanes) is 3. The summed E-state index contributed by atoms with van der Waals surface area (Å²) in [5.74, 6) is 1.20. The zero-order valence-corrected chi connectivity index (χ0v) is 18.2. The smallest absolute Gasteiger partial charge is 0.166 e. The summed E-state index contributed by atoms with van der Waals surface area (Å²) in [6.45, 7) is 2.78. The number of nitrogens with zero attached hydrogens (tertiary/aromatic N) is 3. The zero-order valence-electron chi connectivity index (χ0n) is 18.2. The van der Waals surface area contributed by atoms with Crippen molar-refractivity contribution in [2.75, 3.05) is 6.61 Å². The molecule has 5 nitrogen and oxygen atoms in total. The molecule has 1 heterocycles. The van der Waals surface area contributed by atoms with E-state index in [2.05, 4.69) is 21.9 Å². The molecule has 0 unspecified atom stereocenters. The molecule has 3 aromatic carbocycles. The monoisotopic (exact) mass is 425 g/mol. The van der Waals surface area contributed by atoms with Crippen LogP contribution in [0.4, 0.5) is 0 Å². The van der Waals surface area contributed by atoms with Crippen LogP contribution in [0.25, 0.3) is 33.6 Å². The van der Waals surface area contributed by atoms with E-state index in [1.165, 1.54) is 25.5 Å². The van der Waals surface area contributed by atoms with Crippen LogP contribution in [0, 0.1) is 0 Å². The van der Waals surface area contributed by atoms with Gasteiger partial charge in [0, 0.05) is 5.56 Å². The van der Waals surface area contributed by atoms with Crippen LogP contribution in [0.3, 0.4) is 0 Å². The average molecular weight is 426 g/mol. The third-order valence-corrected chi connectivity index (χ3v) is 5.38. The molecule has 0 aliphatic heterocycles. The zero-order chi connectivity index (χ0) is 22.2.